The Balaban J connectivity index is 1.57. The topological polar surface area (TPSA) is 94.2 Å². The second-order valence-corrected chi connectivity index (χ2v) is 9.94. The summed E-state index contributed by atoms with van der Waals surface area (Å²) in [7, 11) is 0. The van der Waals surface area contributed by atoms with Crippen molar-refractivity contribution < 1.29 is 13.6 Å². The SMILES string of the molecule is Cc1nc([C@@H](C)NC(=O)C2CC2c2ccc(C(C)(C)C)cc2)ccc1NCS(=O)[O-]. The lowest BCUT2D eigenvalue weighted by Crippen LogP contribution is -2.29. The highest BCUT2D eigenvalue weighted by atomic mass is 32.2. The Morgan fingerprint density at radius 2 is 1.90 bits per heavy atom. The molecule has 3 rings (SSSR count). The van der Waals surface area contributed by atoms with Crippen LogP contribution in [0.3, 0.4) is 0 Å². The van der Waals surface area contributed by atoms with Gasteiger partial charge in [-0.1, -0.05) is 45.0 Å². The summed E-state index contributed by atoms with van der Waals surface area (Å²) in [4.78, 5) is 17.2. The van der Waals surface area contributed by atoms with Gasteiger partial charge in [-0.05, 0) is 65.9 Å². The lowest BCUT2D eigenvalue weighted by atomic mass is 9.86. The van der Waals surface area contributed by atoms with Gasteiger partial charge >= 0.3 is 0 Å². The van der Waals surface area contributed by atoms with Gasteiger partial charge in [-0.3, -0.25) is 14.0 Å². The van der Waals surface area contributed by atoms with Crippen LogP contribution in [0.4, 0.5) is 5.69 Å². The molecular weight excluding hydrogens is 398 g/mol. The number of carbonyl (C=O) groups excluding carboxylic acids is 1. The normalized spacial score (nSPS) is 20.3. The summed E-state index contributed by atoms with van der Waals surface area (Å²) < 4.78 is 21.4. The van der Waals surface area contributed by atoms with Crippen molar-refractivity contribution in [1.82, 2.24) is 10.3 Å². The van der Waals surface area contributed by atoms with E-state index in [1.807, 2.05) is 19.9 Å². The van der Waals surface area contributed by atoms with Crippen LogP contribution in [-0.2, 0) is 21.3 Å². The second-order valence-electron chi connectivity index (χ2n) is 9.04. The molecule has 1 aromatic heterocycles. The van der Waals surface area contributed by atoms with Crippen molar-refractivity contribution in [3.05, 3.63) is 58.9 Å². The predicted octanol–water partition coefficient (Wildman–Crippen LogP) is 3.92. The van der Waals surface area contributed by atoms with E-state index >= 15 is 0 Å². The summed E-state index contributed by atoms with van der Waals surface area (Å²) in [6, 6.07) is 12.0. The van der Waals surface area contributed by atoms with E-state index in [1.165, 1.54) is 11.1 Å². The molecule has 1 aliphatic rings. The summed E-state index contributed by atoms with van der Waals surface area (Å²) in [5.74, 6) is 0.173. The van der Waals surface area contributed by atoms with Crippen LogP contribution in [0.25, 0.3) is 0 Å². The monoisotopic (exact) mass is 428 g/mol. The number of aromatic nitrogens is 1. The molecule has 2 N–H and O–H groups in total. The number of hydrogen-bond acceptors (Lipinski definition) is 5. The molecule has 1 amide bonds. The maximum absolute atomic E-state index is 12.7. The minimum absolute atomic E-state index is 0.00186. The number of nitrogens with one attached hydrogen (secondary N) is 2. The molecule has 4 atom stereocenters. The maximum Gasteiger partial charge on any atom is 0.224 e. The van der Waals surface area contributed by atoms with E-state index < -0.39 is 11.1 Å². The zero-order valence-corrected chi connectivity index (χ0v) is 19.0. The summed E-state index contributed by atoms with van der Waals surface area (Å²) in [6.07, 6.45) is 0.870. The number of aryl methyl sites for hydroxylation is 1. The molecule has 2 aromatic rings. The fourth-order valence-corrected chi connectivity index (χ4v) is 3.90. The van der Waals surface area contributed by atoms with Crippen molar-refractivity contribution in [3.8, 4) is 0 Å². The molecule has 30 heavy (non-hydrogen) atoms. The molecule has 7 heteroatoms. The van der Waals surface area contributed by atoms with Gasteiger partial charge in [0.2, 0.25) is 5.91 Å². The summed E-state index contributed by atoms with van der Waals surface area (Å²) >= 11 is -2.17. The van der Waals surface area contributed by atoms with E-state index in [9.17, 15) is 13.6 Å². The molecular formula is C23H30N3O3S-. The highest BCUT2D eigenvalue weighted by molar-refractivity contribution is 7.79. The third-order valence-electron chi connectivity index (χ3n) is 5.62. The molecule has 1 aromatic carbocycles. The van der Waals surface area contributed by atoms with Crippen molar-refractivity contribution in [2.45, 2.75) is 58.4 Å². The van der Waals surface area contributed by atoms with Crippen LogP contribution in [-0.4, -0.2) is 25.5 Å². The Bertz CT molecular complexity index is 938. The van der Waals surface area contributed by atoms with Gasteiger partial charge in [-0.2, -0.15) is 0 Å². The molecule has 0 aliphatic heterocycles. The third kappa shape index (κ3) is 5.46. The highest BCUT2D eigenvalue weighted by Gasteiger charge is 2.44. The number of amides is 1. The van der Waals surface area contributed by atoms with E-state index in [0.717, 1.165) is 12.1 Å². The van der Waals surface area contributed by atoms with Crippen LogP contribution in [0.1, 0.15) is 68.6 Å². The minimum Gasteiger partial charge on any atom is -0.771 e. The first kappa shape index (κ1) is 22.4. The van der Waals surface area contributed by atoms with E-state index in [1.54, 1.807) is 6.07 Å². The van der Waals surface area contributed by atoms with E-state index in [2.05, 4.69) is 60.7 Å². The number of hydrogen-bond donors (Lipinski definition) is 2. The Morgan fingerprint density at radius 1 is 1.23 bits per heavy atom. The van der Waals surface area contributed by atoms with Crippen LogP contribution in [0.15, 0.2) is 36.4 Å². The number of carbonyl (C=O) groups is 1. The zero-order chi connectivity index (χ0) is 22.1. The molecule has 0 radical (unpaired) electrons. The van der Waals surface area contributed by atoms with Gasteiger partial charge in [0.05, 0.1) is 29.0 Å². The number of nitrogens with zero attached hydrogens (tertiary/aromatic N) is 1. The number of pyridine rings is 1. The molecule has 1 heterocycles. The van der Waals surface area contributed by atoms with Crippen molar-refractivity contribution in [1.29, 1.82) is 0 Å². The predicted molar refractivity (Wildman–Crippen MR) is 119 cm³/mol. The van der Waals surface area contributed by atoms with Crippen molar-refractivity contribution in [2.24, 2.45) is 5.92 Å². The average molecular weight is 429 g/mol. The average Bonchev–Trinajstić information content (AvgIpc) is 3.47. The van der Waals surface area contributed by atoms with Gasteiger partial charge in [-0.25, -0.2) is 0 Å². The third-order valence-corrected chi connectivity index (χ3v) is 6.00. The Morgan fingerprint density at radius 3 is 2.47 bits per heavy atom. The largest absolute Gasteiger partial charge is 0.771 e. The van der Waals surface area contributed by atoms with Gasteiger partial charge in [-0.15, -0.1) is 0 Å². The molecule has 0 spiro atoms. The fourth-order valence-electron chi connectivity index (χ4n) is 3.62. The lowest BCUT2D eigenvalue weighted by molar-refractivity contribution is -0.123. The van der Waals surface area contributed by atoms with Crippen LogP contribution < -0.4 is 10.6 Å². The van der Waals surface area contributed by atoms with Crippen molar-refractivity contribution in [2.75, 3.05) is 11.2 Å². The van der Waals surface area contributed by atoms with Gasteiger partial charge < -0.3 is 15.2 Å². The quantitative estimate of drug-likeness (QED) is 0.652. The molecule has 0 saturated heterocycles. The van der Waals surface area contributed by atoms with Crippen molar-refractivity contribution in [3.63, 3.8) is 0 Å². The Hall–Kier alpha value is -2.25. The molecule has 1 fully saturated rings. The first-order valence-corrected chi connectivity index (χ1v) is 11.5. The smallest absolute Gasteiger partial charge is 0.224 e. The highest BCUT2D eigenvalue weighted by Crippen LogP contribution is 2.48. The summed E-state index contributed by atoms with van der Waals surface area (Å²) in [5.41, 5.74) is 4.75. The van der Waals surface area contributed by atoms with Crippen LogP contribution in [0.2, 0.25) is 0 Å². The molecule has 3 unspecified atom stereocenters. The molecule has 1 aliphatic carbocycles. The van der Waals surface area contributed by atoms with E-state index in [0.29, 0.717) is 11.4 Å². The Labute approximate surface area is 181 Å². The van der Waals surface area contributed by atoms with Gasteiger partial charge in [0.15, 0.2) is 0 Å². The Kier molecular flexibility index (Phi) is 6.62. The first-order valence-electron chi connectivity index (χ1n) is 10.2. The number of benzene rings is 1. The molecule has 0 bridgehead atoms. The van der Waals surface area contributed by atoms with Gasteiger partial charge in [0.1, 0.15) is 0 Å². The van der Waals surface area contributed by atoms with E-state index in [4.69, 9.17) is 0 Å². The lowest BCUT2D eigenvalue weighted by Gasteiger charge is -2.19. The number of rotatable bonds is 7. The standard InChI is InChI=1S/C23H31N3O3S/c1-14-20(24-13-30(28)29)10-11-21(25-14)15(2)26-22(27)19-12-18(19)16-6-8-17(9-7-16)23(3,4)5/h6-11,15,18-19,24H,12-13H2,1-5H3,(H,26,27)(H,28,29)/p-1/t15-,18?,19?/m1/s1. The fraction of sp³-hybridized carbons (Fsp3) is 0.478. The van der Waals surface area contributed by atoms with Gasteiger partial charge in [0, 0.05) is 5.92 Å². The number of anilines is 1. The zero-order valence-electron chi connectivity index (χ0n) is 18.2. The molecule has 6 nitrogen and oxygen atoms in total. The van der Waals surface area contributed by atoms with Crippen LogP contribution in [0, 0.1) is 12.8 Å². The molecule has 1 saturated carbocycles. The van der Waals surface area contributed by atoms with Gasteiger partial charge in [0.25, 0.3) is 0 Å². The minimum atomic E-state index is -2.17. The van der Waals surface area contributed by atoms with Crippen LogP contribution in [0.5, 0.6) is 0 Å². The van der Waals surface area contributed by atoms with E-state index in [-0.39, 0.29) is 35.1 Å². The van der Waals surface area contributed by atoms with Crippen LogP contribution >= 0.6 is 0 Å². The van der Waals surface area contributed by atoms with Crippen molar-refractivity contribution >= 4 is 22.7 Å². The molecule has 162 valence electrons. The maximum atomic E-state index is 12.7. The first-order chi connectivity index (χ1) is 14.1. The summed E-state index contributed by atoms with van der Waals surface area (Å²) in [6.45, 7) is 10.3. The second kappa shape index (κ2) is 8.86. The summed E-state index contributed by atoms with van der Waals surface area (Å²) in [5, 5.41) is 5.89.